The number of carboxylic acid groups (broad SMARTS) is 2. The van der Waals surface area contributed by atoms with E-state index in [1.807, 2.05) is 6.92 Å². The van der Waals surface area contributed by atoms with Gasteiger partial charge in [0.15, 0.2) is 5.60 Å². The summed E-state index contributed by atoms with van der Waals surface area (Å²) in [4.78, 5) is 36.6. The molecule has 0 spiro atoms. The number of carbonyl (C=O) groups is 3. The highest BCUT2D eigenvalue weighted by Crippen LogP contribution is 2.16. The van der Waals surface area contributed by atoms with Gasteiger partial charge < -0.3 is 20.2 Å². The van der Waals surface area contributed by atoms with Crippen LogP contribution in [0.15, 0.2) is 0 Å². The summed E-state index contributed by atoms with van der Waals surface area (Å²) in [6, 6.07) is 0. The molecule has 8 heteroatoms. The second-order valence-corrected chi connectivity index (χ2v) is 3.45. The summed E-state index contributed by atoms with van der Waals surface area (Å²) in [6.07, 6.45) is -1.33. The van der Waals surface area contributed by atoms with Crippen molar-refractivity contribution in [3.63, 3.8) is 0 Å². The Morgan fingerprint density at radius 2 is 1.82 bits per heavy atom. The molecule has 0 aliphatic rings. The fourth-order valence-corrected chi connectivity index (χ4v) is 0.972. The summed E-state index contributed by atoms with van der Waals surface area (Å²) in [5.74, 6) is -4.35. The lowest BCUT2D eigenvalue weighted by molar-refractivity contribution is -0.174. The second kappa shape index (κ2) is 6.81. The van der Waals surface area contributed by atoms with E-state index in [0.717, 1.165) is 0 Å². The summed E-state index contributed by atoms with van der Waals surface area (Å²) < 4.78 is 0. The predicted octanol–water partition coefficient (Wildman–Crippen LogP) is -0.875. The number of aliphatic hydroxyl groups is 1. The zero-order valence-electron chi connectivity index (χ0n) is 9.30. The van der Waals surface area contributed by atoms with Gasteiger partial charge in [-0.25, -0.2) is 4.79 Å². The highest BCUT2D eigenvalue weighted by atomic mass is 16.7. The average Bonchev–Trinajstić information content (AvgIpc) is 2.16. The molecule has 0 radical (unpaired) electrons. The Hall–Kier alpha value is -1.67. The number of rotatable bonds is 8. The SMILES string of the molecule is CCCNOC(=O)CC(O)(CC(=O)O)C(=O)O. The van der Waals surface area contributed by atoms with Gasteiger partial charge >= 0.3 is 17.9 Å². The topological polar surface area (TPSA) is 133 Å². The van der Waals surface area contributed by atoms with Gasteiger partial charge in [-0.1, -0.05) is 6.92 Å². The Kier molecular flexibility index (Phi) is 6.15. The van der Waals surface area contributed by atoms with E-state index in [2.05, 4.69) is 10.3 Å². The molecule has 0 amide bonds. The van der Waals surface area contributed by atoms with Crippen molar-refractivity contribution < 1.29 is 34.5 Å². The van der Waals surface area contributed by atoms with Gasteiger partial charge in [0.1, 0.15) is 0 Å². The lowest BCUT2D eigenvalue weighted by Crippen LogP contribution is -2.43. The van der Waals surface area contributed by atoms with Crippen molar-refractivity contribution in [2.75, 3.05) is 6.54 Å². The van der Waals surface area contributed by atoms with Crippen molar-refractivity contribution in [1.29, 1.82) is 0 Å². The van der Waals surface area contributed by atoms with Crippen LogP contribution in [0.4, 0.5) is 0 Å². The number of carboxylic acids is 2. The number of nitrogens with one attached hydrogen (secondary N) is 1. The first-order valence-corrected chi connectivity index (χ1v) is 4.92. The number of hydroxylamine groups is 1. The lowest BCUT2D eigenvalue weighted by Gasteiger charge is -2.19. The summed E-state index contributed by atoms with van der Waals surface area (Å²) in [5, 5.41) is 26.6. The molecule has 0 aromatic rings. The molecular weight excluding hydrogens is 234 g/mol. The number of hydrogen-bond donors (Lipinski definition) is 4. The van der Waals surface area contributed by atoms with Crippen molar-refractivity contribution >= 4 is 17.9 Å². The largest absolute Gasteiger partial charge is 0.481 e. The molecular formula is C9H15NO7. The van der Waals surface area contributed by atoms with Crippen LogP contribution in [0, 0.1) is 0 Å². The van der Waals surface area contributed by atoms with E-state index in [-0.39, 0.29) is 0 Å². The van der Waals surface area contributed by atoms with Crippen molar-refractivity contribution in [1.82, 2.24) is 5.48 Å². The molecule has 0 saturated heterocycles. The summed E-state index contributed by atoms with van der Waals surface area (Å²) in [6.45, 7) is 2.19. The Morgan fingerprint density at radius 3 is 2.24 bits per heavy atom. The number of carbonyl (C=O) groups excluding carboxylic acids is 1. The normalized spacial score (nSPS) is 13.8. The maximum atomic E-state index is 11.1. The molecule has 8 nitrogen and oxygen atoms in total. The molecule has 0 bridgehead atoms. The highest BCUT2D eigenvalue weighted by Gasteiger charge is 2.41. The molecule has 0 aromatic carbocycles. The van der Waals surface area contributed by atoms with Crippen molar-refractivity contribution in [2.24, 2.45) is 0 Å². The van der Waals surface area contributed by atoms with Crippen LogP contribution in [-0.4, -0.2) is 45.4 Å². The van der Waals surface area contributed by atoms with Crippen LogP contribution in [0.5, 0.6) is 0 Å². The molecule has 0 saturated carbocycles. The molecule has 1 unspecified atom stereocenters. The van der Waals surface area contributed by atoms with E-state index < -0.39 is 36.4 Å². The van der Waals surface area contributed by atoms with Gasteiger partial charge in [-0.2, -0.15) is 5.48 Å². The van der Waals surface area contributed by atoms with Gasteiger partial charge in [0, 0.05) is 6.54 Å². The van der Waals surface area contributed by atoms with Crippen LogP contribution in [0.2, 0.25) is 0 Å². The van der Waals surface area contributed by atoms with Crippen LogP contribution in [0.1, 0.15) is 26.2 Å². The fourth-order valence-electron chi connectivity index (χ4n) is 0.972. The quantitative estimate of drug-likeness (QED) is 0.322. The Labute approximate surface area is 97.1 Å². The molecule has 4 N–H and O–H groups in total. The Bertz CT molecular complexity index is 304. The van der Waals surface area contributed by atoms with Gasteiger partial charge in [-0.15, -0.1) is 0 Å². The van der Waals surface area contributed by atoms with E-state index in [4.69, 9.17) is 10.2 Å². The summed E-state index contributed by atoms with van der Waals surface area (Å²) in [5.41, 5.74) is -0.407. The minimum Gasteiger partial charge on any atom is -0.481 e. The lowest BCUT2D eigenvalue weighted by atomic mass is 9.96. The van der Waals surface area contributed by atoms with Crippen molar-refractivity contribution in [2.45, 2.75) is 31.8 Å². The van der Waals surface area contributed by atoms with Crippen LogP contribution in [0.25, 0.3) is 0 Å². The maximum Gasteiger partial charge on any atom is 0.336 e. The molecule has 0 fully saturated rings. The van der Waals surface area contributed by atoms with Gasteiger partial charge in [0.2, 0.25) is 0 Å². The zero-order chi connectivity index (χ0) is 13.5. The Balaban J connectivity index is 4.39. The molecule has 98 valence electrons. The van der Waals surface area contributed by atoms with Crippen molar-refractivity contribution in [3.05, 3.63) is 0 Å². The second-order valence-electron chi connectivity index (χ2n) is 3.45. The summed E-state index contributed by atoms with van der Waals surface area (Å²) >= 11 is 0. The molecule has 1 atom stereocenters. The number of hydrogen-bond acceptors (Lipinski definition) is 6. The van der Waals surface area contributed by atoms with Gasteiger partial charge in [0.05, 0.1) is 12.8 Å². The molecule has 17 heavy (non-hydrogen) atoms. The van der Waals surface area contributed by atoms with Gasteiger partial charge in [-0.3, -0.25) is 9.59 Å². The third-order valence-electron chi connectivity index (χ3n) is 1.82. The third-order valence-corrected chi connectivity index (χ3v) is 1.82. The third kappa shape index (κ3) is 5.83. The van der Waals surface area contributed by atoms with Crippen molar-refractivity contribution in [3.8, 4) is 0 Å². The van der Waals surface area contributed by atoms with Crippen LogP contribution >= 0.6 is 0 Å². The Morgan fingerprint density at radius 1 is 1.24 bits per heavy atom. The van der Waals surface area contributed by atoms with Crippen LogP contribution < -0.4 is 5.48 Å². The first-order valence-electron chi connectivity index (χ1n) is 4.92. The van der Waals surface area contributed by atoms with E-state index in [1.165, 1.54) is 0 Å². The zero-order valence-corrected chi connectivity index (χ0v) is 9.30. The molecule has 0 rings (SSSR count). The average molecular weight is 249 g/mol. The first-order chi connectivity index (χ1) is 7.81. The smallest absolute Gasteiger partial charge is 0.336 e. The van der Waals surface area contributed by atoms with E-state index in [9.17, 15) is 19.5 Å². The van der Waals surface area contributed by atoms with Gasteiger partial charge in [0.25, 0.3) is 0 Å². The molecule has 0 aliphatic carbocycles. The standard InChI is InChI=1S/C9H15NO7/c1-2-3-10-17-7(13)5-9(16,8(14)15)4-6(11)12/h10,16H,2-5H2,1H3,(H,11,12)(H,14,15). The van der Waals surface area contributed by atoms with E-state index >= 15 is 0 Å². The van der Waals surface area contributed by atoms with Crippen LogP contribution in [-0.2, 0) is 19.2 Å². The predicted molar refractivity (Wildman–Crippen MR) is 53.8 cm³/mol. The maximum absolute atomic E-state index is 11.1. The van der Waals surface area contributed by atoms with Gasteiger partial charge in [-0.05, 0) is 6.42 Å². The number of aliphatic carboxylic acids is 2. The minimum atomic E-state index is -2.66. The van der Waals surface area contributed by atoms with E-state index in [0.29, 0.717) is 13.0 Å². The summed E-state index contributed by atoms with van der Waals surface area (Å²) in [7, 11) is 0. The molecule has 0 aliphatic heterocycles. The molecule has 0 heterocycles. The van der Waals surface area contributed by atoms with Crippen LogP contribution in [0.3, 0.4) is 0 Å². The fraction of sp³-hybridized carbons (Fsp3) is 0.667. The van der Waals surface area contributed by atoms with E-state index in [1.54, 1.807) is 0 Å². The minimum absolute atomic E-state index is 0.371. The first kappa shape index (κ1) is 15.3. The molecule has 0 aromatic heterocycles. The monoisotopic (exact) mass is 249 g/mol. The highest BCUT2D eigenvalue weighted by molar-refractivity contribution is 5.88.